The molecule has 0 bridgehead atoms. The smallest absolute Gasteiger partial charge is 0.0756 e. The van der Waals surface area contributed by atoms with E-state index >= 15 is 0 Å². The first kappa shape index (κ1) is 15.5. The lowest BCUT2D eigenvalue weighted by molar-refractivity contribution is 0.0541. The Hall–Kier alpha value is -0.910. The third-order valence-electron chi connectivity index (χ3n) is 3.99. The fraction of sp³-hybridized carbons (Fsp3) is 0.800. The summed E-state index contributed by atoms with van der Waals surface area (Å²) in [7, 11) is 1.73. The van der Waals surface area contributed by atoms with Gasteiger partial charge in [-0.1, -0.05) is 0 Å². The molecule has 1 aromatic heterocycles. The van der Waals surface area contributed by atoms with Crippen molar-refractivity contribution in [3.63, 3.8) is 0 Å². The van der Waals surface area contributed by atoms with Crippen LogP contribution in [-0.4, -0.2) is 49.8 Å². The van der Waals surface area contributed by atoms with Gasteiger partial charge in [-0.25, -0.2) is 0 Å². The minimum absolute atomic E-state index is 0.414. The zero-order chi connectivity index (χ0) is 14.4. The molecule has 20 heavy (non-hydrogen) atoms. The number of nitrogens with one attached hydrogen (secondary N) is 1. The molecule has 0 saturated carbocycles. The van der Waals surface area contributed by atoms with Crippen LogP contribution < -0.4 is 5.32 Å². The van der Waals surface area contributed by atoms with Crippen LogP contribution in [0.5, 0.6) is 0 Å². The van der Waals surface area contributed by atoms with E-state index in [1.54, 1.807) is 7.11 Å². The van der Waals surface area contributed by atoms with Crippen LogP contribution in [0, 0.1) is 13.8 Å². The largest absolute Gasteiger partial charge is 0.383 e. The molecule has 1 saturated heterocycles. The Bertz CT molecular complexity index is 411. The van der Waals surface area contributed by atoms with Crippen LogP contribution in [-0.2, 0) is 15.9 Å². The van der Waals surface area contributed by atoms with Gasteiger partial charge in [0.1, 0.15) is 0 Å². The maximum absolute atomic E-state index is 5.58. The molecule has 1 fully saturated rings. The highest BCUT2D eigenvalue weighted by atomic mass is 16.5. The van der Waals surface area contributed by atoms with E-state index in [1.165, 1.54) is 17.7 Å². The van der Waals surface area contributed by atoms with Gasteiger partial charge in [0.25, 0.3) is 0 Å². The summed E-state index contributed by atoms with van der Waals surface area (Å²) in [5.74, 6) is 0. The molecule has 5 heteroatoms. The second-order valence-corrected chi connectivity index (χ2v) is 5.46. The molecule has 1 atom stereocenters. The Balaban J connectivity index is 1.93. The summed E-state index contributed by atoms with van der Waals surface area (Å²) in [5.41, 5.74) is 3.83. The molecule has 2 rings (SSSR count). The number of nitrogens with zero attached hydrogens (tertiary/aromatic N) is 2. The number of aromatic nitrogens is 2. The number of methoxy groups -OCH3 is 1. The molecule has 1 N–H and O–H groups in total. The number of aryl methyl sites for hydroxylation is 1. The molecule has 1 unspecified atom stereocenters. The number of rotatable bonds is 7. The number of hydrogen-bond acceptors (Lipinski definition) is 4. The second kappa shape index (κ2) is 7.76. The molecule has 0 radical (unpaired) electrons. The Morgan fingerprint density at radius 1 is 1.40 bits per heavy atom. The predicted molar refractivity (Wildman–Crippen MR) is 79.2 cm³/mol. The van der Waals surface area contributed by atoms with Crippen molar-refractivity contribution < 1.29 is 9.47 Å². The summed E-state index contributed by atoms with van der Waals surface area (Å²) in [6.45, 7) is 8.62. The van der Waals surface area contributed by atoms with Crippen molar-refractivity contribution in [1.29, 1.82) is 0 Å². The Morgan fingerprint density at radius 3 is 2.95 bits per heavy atom. The highest BCUT2D eigenvalue weighted by Gasteiger charge is 2.21. The van der Waals surface area contributed by atoms with Gasteiger partial charge in [-0.05, 0) is 45.2 Å². The van der Waals surface area contributed by atoms with Crippen molar-refractivity contribution in [2.24, 2.45) is 0 Å². The second-order valence-electron chi connectivity index (χ2n) is 5.46. The van der Waals surface area contributed by atoms with Crippen molar-refractivity contribution in [3.05, 3.63) is 17.0 Å². The normalized spacial score (nSPS) is 19.4. The van der Waals surface area contributed by atoms with Crippen molar-refractivity contribution in [2.45, 2.75) is 39.2 Å². The van der Waals surface area contributed by atoms with E-state index in [9.17, 15) is 0 Å². The topological polar surface area (TPSA) is 48.3 Å². The molecule has 1 aliphatic heterocycles. The van der Waals surface area contributed by atoms with Crippen LogP contribution >= 0.6 is 0 Å². The van der Waals surface area contributed by atoms with Crippen LogP contribution in [0.25, 0.3) is 0 Å². The van der Waals surface area contributed by atoms with Crippen LogP contribution in [0.15, 0.2) is 0 Å². The number of ether oxygens (including phenoxy) is 2. The van der Waals surface area contributed by atoms with Gasteiger partial charge in [0, 0.05) is 26.0 Å². The summed E-state index contributed by atoms with van der Waals surface area (Å²) < 4.78 is 12.8. The van der Waals surface area contributed by atoms with Gasteiger partial charge in [0.05, 0.1) is 24.9 Å². The molecular formula is C15H27N3O2. The summed E-state index contributed by atoms with van der Waals surface area (Å²) in [6, 6.07) is 0.414. The maximum Gasteiger partial charge on any atom is 0.0756 e. The maximum atomic E-state index is 5.58. The zero-order valence-corrected chi connectivity index (χ0v) is 12.9. The van der Waals surface area contributed by atoms with E-state index in [-0.39, 0.29) is 0 Å². The average Bonchev–Trinajstić information content (AvgIpc) is 2.75. The van der Waals surface area contributed by atoms with Gasteiger partial charge in [0.15, 0.2) is 0 Å². The molecule has 114 valence electrons. The highest BCUT2D eigenvalue weighted by molar-refractivity contribution is 5.25. The molecular weight excluding hydrogens is 254 g/mol. The van der Waals surface area contributed by atoms with Gasteiger partial charge in [-0.15, -0.1) is 0 Å². The van der Waals surface area contributed by atoms with E-state index in [2.05, 4.69) is 23.8 Å². The van der Waals surface area contributed by atoms with Crippen LogP contribution in [0.4, 0.5) is 0 Å². The van der Waals surface area contributed by atoms with Crippen molar-refractivity contribution in [2.75, 3.05) is 40.0 Å². The number of hydrogen-bond donors (Lipinski definition) is 1. The highest BCUT2D eigenvalue weighted by Crippen LogP contribution is 2.23. The average molecular weight is 281 g/mol. The van der Waals surface area contributed by atoms with Crippen LogP contribution in [0.2, 0.25) is 0 Å². The lowest BCUT2D eigenvalue weighted by Crippen LogP contribution is -2.23. The summed E-state index contributed by atoms with van der Waals surface area (Å²) in [6.07, 6.45) is 3.33. The third-order valence-corrected chi connectivity index (χ3v) is 3.99. The van der Waals surface area contributed by atoms with E-state index < -0.39 is 0 Å². The fourth-order valence-electron chi connectivity index (χ4n) is 2.84. The quantitative estimate of drug-likeness (QED) is 0.772. The van der Waals surface area contributed by atoms with E-state index in [0.29, 0.717) is 6.04 Å². The monoisotopic (exact) mass is 281 g/mol. The lowest BCUT2D eigenvalue weighted by atomic mass is 10.1. The lowest BCUT2D eigenvalue weighted by Gasteiger charge is -2.23. The first-order valence-corrected chi connectivity index (χ1v) is 7.56. The molecule has 5 nitrogen and oxygen atoms in total. The van der Waals surface area contributed by atoms with Gasteiger partial charge in [-0.2, -0.15) is 5.10 Å². The van der Waals surface area contributed by atoms with Crippen molar-refractivity contribution >= 4 is 0 Å². The molecule has 0 amide bonds. The minimum atomic E-state index is 0.414. The third kappa shape index (κ3) is 3.81. The van der Waals surface area contributed by atoms with Gasteiger partial charge < -0.3 is 14.8 Å². The van der Waals surface area contributed by atoms with E-state index in [1.807, 2.05) is 0 Å². The summed E-state index contributed by atoms with van der Waals surface area (Å²) in [5, 5.41) is 8.12. The molecule has 2 heterocycles. The van der Waals surface area contributed by atoms with Gasteiger partial charge in [0.2, 0.25) is 0 Å². The van der Waals surface area contributed by atoms with Gasteiger partial charge >= 0.3 is 0 Å². The standard InChI is InChI=1S/C15H27N3O2/c1-12-15(6-7-16-8-10-19-3)13(2)18(17-12)14-5-4-9-20-11-14/h14,16H,4-11H2,1-3H3. The zero-order valence-electron chi connectivity index (χ0n) is 12.9. The first-order chi connectivity index (χ1) is 9.74. The van der Waals surface area contributed by atoms with Crippen molar-refractivity contribution in [3.8, 4) is 0 Å². The van der Waals surface area contributed by atoms with Crippen molar-refractivity contribution in [1.82, 2.24) is 15.1 Å². The van der Waals surface area contributed by atoms with Crippen LogP contribution in [0.3, 0.4) is 0 Å². The Labute approximate surface area is 121 Å². The van der Waals surface area contributed by atoms with Crippen LogP contribution in [0.1, 0.15) is 35.8 Å². The Morgan fingerprint density at radius 2 is 2.25 bits per heavy atom. The minimum Gasteiger partial charge on any atom is -0.383 e. The van der Waals surface area contributed by atoms with Gasteiger partial charge in [-0.3, -0.25) is 4.68 Å². The Kier molecular flexibility index (Phi) is 6.01. The summed E-state index contributed by atoms with van der Waals surface area (Å²) in [4.78, 5) is 0. The van der Waals surface area contributed by atoms with E-state index in [0.717, 1.165) is 51.4 Å². The molecule has 0 aliphatic carbocycles. The molecule has 0 spiro atoms. The summed E-state index contributed by atoms with van der Waals surface area (Å²) >= 11 is 0. The molecule has 1 aliphatic rings. The molecule has 0 aromatic carbocycles. The predicted octanol–water partition coefficient (Wildman–Crippen LogP) is 1.63. The van der Waals surface area contributed by atoms with E-state index in [4.69, 9.17) is 14.6 Å². The fourth-order valence-corrected chi connectivity index (χ4v) is 2.84. The molecule has 1 aromatic rings. The SMILES string of the molecule is COCCNCCc1c(C)nn(C2CCCOC2)c1C. The first-order valence-electron chi connectivity index (χ1n) is 7.56.